The van der Waals surface area contributed by atoms with Gasteiger partial charge in [0, 0.05) is 13.5 Å². The molecule has 0 aliphatic carbocycles. The molecule has 0 bridgehead atoms. The summed E-state index contributed by atoms with van der Waals surface area (Å²) in [5.41, 5.74) is 0. The monoisotopic (exact) mass is 367 g/mol. The highest BCUT2D eigenvalue weighted by Crippen LogP contribution is 2.11. The van der Waals surface area contributed by atoms with E-state index >= 15 is 0 Å². The van der Waals surface area contributed by atoms with E-state index in [2.05, 4.69) is 12.8 Å². The van der Waals surface area contributed by atoms with Gasteiger partial charge in [0.2, 0.25) is 0 Å². The minimum atomic E-state index is -0.670. The molecule has 5 heteroatoms. The Balaban J connectivity index is 3.65. The maximum atomic E-state index is 12.0. The molecule has 0 saturated heterocycles. The van der Waals surface area contributed by atoms with Crippen molar-refractivity contribution in [1.82, 2.24) is 4.90 Å². The fourth-order valence-electron chi connectivity index (χ4n) is 2.50. The third-order valence-corrected chi connectivity index (χ3v) is 4.42. The Hall–Kier alpha value is -1.70. The molecule has 1 atom stereocenters. The SMILES string of the molecule is C#CCCOC(=O)N(C)C(C)C(=O)OCCCCCCCCCCCC. The van der Waals surface area contributed by atoms with Crippen LogP contribution in [0.4, 0.5) is 4.79 Å². The second-order valence-corrected chi connectivity index (χ2v) is 6.70. The Bertz CT molecular complexity index is 417. The van der Waals surface area contributed by atoms with Gasteiger partial charge in [-0.1, -0.05) is 64.7 Å². The van der Waals surface area contributed by atoms with Crippen molar-refractivity contribution in [3.63, 3.8) is 0 Å². The summed E-state index contributed by atoms with van der Waals surface area (Å²) in [6.07, 6.45) is 17.2. The first-order chi connectivity index (χ1) is 12.5. The largest absolute Gasteiger partial charge is 0.464 e. The van der Waals surface area contributed by atoms with Crippen LogP contribution in [0.5, 0.6) is 0 Å². The van der Waals surface area contributed by atoms with E-state index in [0.717, 1.165) is 12.8 Å². The molecule has 0 aliphatic heterocycles. The maximum absolute atomic E-state index is 12.0. The van der Waals surface area contributed by atoms with Crippen LogP contribution >= 0.6 is 0 Å². The van der Waals surface area contributed by atoms with Gasteiger partial charge in [-0.15, -0.1) is 12.3 Å². The van der Waals surface area contributed by atoms with Gasteiger partial charge in [0.05, 0.1) is 6.61 Å². The number of amides is 1. The van der Waals surface area contributed by atoms with Crippen LogP contribution < -0.4 is 0 Å². The van der Waals surface area contributed by atoms with Crippen molar-refractivity contribution in [2.75, 3.05) is 20.3 Å². The third-order valence-electron chi connectivity index (χ3n) is 4.42. The predicted molar refractivity (Wildman–Crippen MR) is 105 cm³/mol. The molecule has 0 spiro atoms. The van der Waals surface area contributed by atoms with E-state index < -0.39 is 18.1 Å². The smallest absolute Gasteiger partial charge is 0.410 e. The van der Waals surface area contributed by atoms with Crippen molar-refractivity contribution in [3.05, 3.63) is 0 Å². The molecular formula is C21H37NO4. The molecule has 0 saturated carbocycles. The number of rotatable bonds is 15. The number of likely N-dealkylation sites (N-methyl/N-ethyl adjacent to an activating group) is 1. The highest BCUT2D eigenvalue weighted by Gasteiger charge is 2.24. The van der Waals surface area contributed by atoms with Gasteiger partial charge in [0.25, 0.3) is 0 Å². The molecule has 150 valence electrons. The fraction of sp³-hybridized carbons (Fsp3) is 0.810. The molecule has 5 nitrogen and oxygen atoms in total. The van der Waals surface area contributed by atoms with Crippen LogP contribution in [-0.2, 0) is 14.3 Å². The highest BCUT2D eigenvalue weighted by atomic mass is 16.6. The van der Waals surface area contributed by atoms with Crippen LogP contribution in [-0.4, -0.2) is 43.3 Å². The number of hydrogen-bond acceptors (Lipinski definition) is 4. The number of hydrogen-bond donors (Lipinski definition) is 0. The standard InChI is InChI=1S/C21H37NO4/c1-5-7-9-10-11-12-13-14-15-16-18-25-20(23)19(3)22(4)21(24)26-17-8-6-2/h2,19H,5,7-18H2,1,3-4H3. The topological polar surface area (TPSA) is 55.8 Å². The zero-order valence-electron chi connectivity index (χ0n) is 16.9. The molecule has 0 aromatic rings. The van der Waals surface area contributed by atoms with Gasteiger partial charge in [-0.2, -0.15) is 0 Å². The second-order valence-electron chi connectivity index (χ2n) is 6.70. The van der Waals surface area contributed by atoms with Crippen molar-refractivity contribution < 1.29 is 19.1 Å². The van der Waals surface area contributed by atoms with Crippen molar-refractivity contribution in [1.29, 1.82) is 0 Å². The van der Waals surface area contributed by atoms with Crippen LogP contribution in [0, 0.1) is 12.3 Å². The van der Waals surface area contributed by atoms with E-state index in [1.54, 1.807) is 6.92 Å². The van der Waals surface area contributed by atoms with E-state index in [1.807, 2.05) is 0 Å². The van der Waals surface area contributed by atoms with E-state index in [1.165, 1.54) is 63.3 Å². The Kier molecular flexibility index (Phi) is 15.7. The lowest BCUT2D eigenvalue weighted by Crippen LogP contribution is -2.41. The molecule has 26 heavy (non-hydrogen) atoms. The van der Waals surface area contributed by atoms with E-state index in [9.17, 15) is 9.59 Å². The van der Waals surface area contributed by atoms with Crippen molar-refractivity contribution in [2.45, 2.75) is 90.5 Å². The van der Waals surface area contributed by atoms with Gasteiger partial charge < -0.3 is 9.47 Å². The van der Waals surface area contributed by atoms with E-state index in [-0.39, 0.29) is 6.61 Å². The minimum absolute atomic E-state index is 0.153. The summed E-state index contributed by atoms with van der Waals surface area (Å²) in [5.74, 6) is 1.99. The maximum Gasteiger partial charge on any atom is 0.410 e. The summed E-state index contributed by atoms with van der Waals surface area (Å²) in [7, 11) is 1.52. The molecule has 0 aromatic carbocycles. The first kappa shape index (κ1) is 24.3. The second kappa shape index (κ2) is 16.8. The van der Waals surface area contributed by atoms with Crippen LogP contribution in [0.2, 0.25) is 0 Å². The number of ether oxygens (including phenoxy) is 2. The average Bonchev–Trinajstić information content (AvgIpc) is 2.64. The van der Waals surface area contributed by atoms with Gasteiger partial charge in [-0.25, -0.2) is 9.59 Å². The van der Waals surface area contributed by atoms with Crippen LogP contribution in [0.15, 0.2) is 0 Å². The Morgan fingerprint density at radius 2 is 1.46 bits per heavy atom. The van der Waals surface area contributed by atoms with Gasteiger partial charge in [0.1, 0.15) is 12.6 Å². The Labute approximate surface area is 159 Å². The molecule has 1 unspecified atom stereocenters. The number of esters is 1. The Morgan fingerprint density at radius 1 is 0.923 bits per heavy atom. The molecule has 0 aromatic heterocycles. The quantitative estimate of drug-likeness (QED) is 0.234. The molecule has 0 N–H and O–H groups in total. The zero-order chi connectivity index (χ0) is 19.6. The first-order valence-corrected chi connectivity index (χ1v) is 10.0. The summed E-state index contributed by atoms with van der Waals surface area (Å²) in [6, 6.07) is -0.670. The molecular weight excluding hydrogens is 330 g/mol. The highest BCUT2D eigenvalue weighted by molar-refractivity contribution is 5.80. The summed E-state index contributed by atoms with van der Waals surface area (Å²) in [6.45, 7) is 4.42. The molecule has 0 fully saturated rings. The normalized spacial score (nSPS) is 11.5. The van der Waals surface area contributed by atoms with E-state index in [0.29, 0.717) is 13.0 Å². The molecule has 0 heterocycles. The van der Waals surface area contributed by atoms with Crippen molar-refractivity contribution in [3.8, 4) is 12.3 Å². The van der Waals surface area contributed by atoms with Crippen molar-refractivity contribution >= 4 is 12.1 Å². The lowest BCUT2D eigenvalue weighted by molar-refractivity contribution is -0.148. The van der Waals surface area contributed by atoms with Gasteiger partial charge >= 0.3 is 12.1 Å². The number of nitrogens with zero attached hydrogens (tertiary/aromatic N) is 1. The van der Waals surface area contributed by atoms with Crippen LogP contribution in [0.3, 0.4) is 0 Å². The Morgan fingerprint density at radius 3 is 2.00 bits per heavy atom. The molecule has 0 radical (unpaired) electrons. The summed E-state index contributed by atoms with van der Waals surface area (Å²) in [4.78, 5) is 25.0. The summed E-state index contributed by atoms with van der Waals surface area (Å²) < 4.78 is 10.2. The van der Waals surface area contributed by atoms with Crippen LogP contribution in [0.1, 0.15) is 84.5 Å². The number of terminal acetylenes is 1. The van der Waals surface area contributed by atoms with Gasteiger partial charge in [-0.05, 0) is 13.3 Å². The first-order valence-electron chi connectivity index (χ1n) is 10.0. The van der Waals surface area contributed by atoms with Crippen molar-refractivity contribution in [2.24, 2.45) is 0 Å². The summed E-state index contributed by atoms with van der Waals surface area (Å²) in [5, 5.41) is 0. The fourth-order valence-corrected chi connectivity index (χ4v) is 2.50. The molecule has 0 rings (SSSR count). The number of carbonyl (C=O) groups is 2. The number of carbonyl (C=O) groups excluding carboxylic acids is 2. The van der Waals surface area contributed by atoms with Gasteiger partial charge in [-0.3, -0.25) is 4.90 Å². The average molecular weight is 368 g/mol. The third kappa shape index (κ3) is 12.6. The van der Waals surface area contributed by atoms with Crippen LogP contribution in [0.25, 0.3) is 0 Å². The lowest BCUT2D eigenvalue weighted by atomic mass is 10.1. The predicted octanol–water partition coefficient (Wildman–Crippen LogP) is 4.93. The zero-order valence-corrected chi connectivity index (χ0v) is 16.9. The lowest BCUT2D eigenvalue weighted by Gasteiger charge is -2.22. The summed E-state index contributed by atoms with van der Waals surface area (Å²) >= 11 is 0. The number of unbranched alkanes of at least 4 members (excludes halogenated alkanes) is 9. The van der Waals surface area contributed by atoms with E-state index in [4.69, 9.17) is 15.9 Å². The molecule has 0 aliphatic rings. The van der Waals surface area contributed by atoms with Gasteiger partial charge in [0.15, 0.2) is 0 Å². The molecule has 1 amide bonds. The minimum Gasteiger partial charge on any atom is -0.464 e.